The smallest absolute Gasteiger partial charge is 1.00 e. The number of aliphatic carboxylic acids is 1. The maximum absolute atomic E-state index is 10.2. The van der Waals surface area contributed by atoms with Crippen molar-refractivity contribution >= 4 is 57.4 Å². The van der Waals surface area contributed by atoms with Crippen LogP contribution >= 0.6 is 0 Å². The van der Waals surface area contributed by atoms with E-state index in [1.165, 1.54) is 70.6 Å². The molecule has 0 aliphatic carbocycles. The standard InChI is InChI=1S/C16H32O2.K.Na.H/c1-2-3-4-5-6-7-8-9-10-11-12-13-14-15-16(17)18;;;/h2-15H2,1H3,(H,17,18);;;/q;;+1;/p-1. The van der Waals surface area contributed by atoms with Gasteiger partial charge in [-0.2, -0.15) is 0 Å². The summed E-state index contributed by atoms with van der Waals surface area (Å²) in [5, 5.41) is 10.2. The van der Waals surface area contributed by atoms with Crippen molar-refractivity contribution in [3.8, 4) is 0 Å². The molecule has 4 heteroatoms. The van der Waals surface area contributed by atoms with E-state index in [0.29, 0.717) is 0 Å². The Bertz CT molecular complexity index is 189. The Balaban J connectivity index is -0.00000144. The summed E-state index contributed by atoms with van der Waals surface area (Å²) in [4.78, 5) is 10.2. The summed E-state index contributed by atoms with van der Waals surface area (Å²) in [6.45, 7) is 2.26. The normalized spacial score (nSPS) is 9.65. The first-order valence-electron chi connectivity index (χ1n) is 7.97. The quantitative estimate of drug-likeness (QED) is 0.347. The van der Waals surface area contributed by atoms with Crippen LogP contribution in [-0.4, -0.2) is 57.4 Å². The fourth-order valence-electron chi connectivity index (χ4n) is 2.29. The predicted octanol–water partition coefficient (Wildman–Crippen LogP) is 0.573. The van der Waals surface area contributed by atoms with Crippen molar-refractivity contribution in [2.45, 2.75) is 96.8 Å². The second-order valence-corrected chi connectivity index (χ2v) is 5.36. The molecule has 0 aromatic rings. The van der Waals surface area contributed by atoms with Crippen LogP contribution in [0.2, 0.25) is 0 Å². The van der Waals surface area contributed by atoms with E-state index in [-0.39, 0.29) is 87.4 Å². The van der Waals surface area contributed by atoms with Gasteiger partial charge in [-0.15, -0.1) is 0 Å². The first-order valence-corrected chi connectivity index (χ1v) is 7.97. The Labute approximate surface area is 191 Å². The van der Waals surface area contributed by atoms with E-state index in [1.54, 1.807) is 0 Å². The van der Waals surface area contributed by atoms with Crippen LogP contribution in [0.25, 0.3) is 0 Å². The van der Waals surface area contributed by atoms with Gasteiger partial charge in [0.25, 0.3) is 0 Å². The molecule has 0 unspecified atom stereocenters. The zero-order chi connectivity index (χ0) is 13.5. The van der Waals surface area contributed by atoms with Crippen LogP contribution in [0, 0.1) is 0 Å². The monoisotopic (exact) mass is 318 g/mol. The fourth-order valence-corrected chi connectivity index (χ4v) is 2.29. The van der Waals surface area contributed by atoms with Gasteiger partial charge in [-0.25, -0.2) is 0 Å². The van der Waals surface area contributed by atoms with E-state index in [1.807, 2.05) is 0 Å². The Kier molecular flexibility index (Phi) is 31.5. The van der Waals surface area contributed by atoms with Crippen molar-refractivity contribution in [2.75, 3.05) is 0 Å². The van der Waals surface area contributed by atoms with E-state index in [0.717, 1.165) is 12.8 Å². The molecular formula is C16H32KNaO2. The molecule has 0 heterocycles. The molecule has 0 aliphatic rings. The third-order valence-corrected chi connectivity index (χ3v) is 3.48. The van der Waals surface area contributed by atoms with Crippen molar-refractivity contribution in [1.29, 1.82) is 0 Å². The van der Waals surface area contributed by atoms with Gasteiger partial charge in [-0.05, 0) is 12.8 Å². The van der Waals surface area contributed by atoms with Crippen molar-refractivity contribution < 1.29 is 39.5 Å². The Morgan fingerprint density at radius 1 is 0.700 bits per heavy atom. The largest absolute Gasteiger partial charge is 1.00 e. The predicted molar refractivity (Wildman–Crippen MR) is 82.5 cm³/mol. The van der Waals surface area contributed by atoms with E-state index in [4.69, 9.17) is 0 Å². The molecule has 0 rings (SSSR count). The third kappa shape index (κ3) is 25.1. The van der Waals surface area contributed by atoms with Gasteiger partial charge in [0, 0.05) is 5.97 Å². The van der Waals surface area contributed by atoms with Crippen LogP contribution in [-0.2, 0) is 4.79 Å². The number of carboxylic acids is 1. The molecule has 20 heavy (non-hydrogen) atoms. The van der Waals surface area contributed by atoms with Gasteiger partial charge in [0.15, 0.2) is 0 Å². The van der Waals surface area contributed by atoms with Crippen molar-refractivity contribution in [3.63, 3.8) is 0 Å². The molecule has 0 atom stereocenters. The molecule has 0 aromatic heterocycles. The number of carbonyl (C=O) groups excluding carboxylic acids is 1. The van der Waals surface area contributed by atoms with E-state index < -0.39 is 5.97 Å². The maximum atomic E-state index is 10.2. The number of hydrogen-bond donors (Lipinski definition) is 0. The minimum absolute atomic E-state index is 0. The maximum Gasteiger partial charge on any atom is 1.00 e. The summed E-state index contributed by atoms with van der Waals surface area (Å²) in [6.07, 6.45) is 16.9. The fraction of sp³-hybridized carbons (Fsp3) is 0.938. The van der Waals surface area contributed by atoms with Gasteiger partial charge in [0.2, 0.25) is 0 Å². The zero-order valence-electron chi connectivity index (χ0n) is 13.2. The average molecular weight is 319 g/mol. The van der Waals surface area contributed by atoms with Crippen LogP contribution < -0.4 is 34.7 Å². The van der Waals surface area contributed by atoms with Crippen LogP contribution in [0.4, 0.5) is 0 Å². The van der Waals surface area contributed by atoms with Crippen molar-refractivity contribution in [2.24, 2.45) is 0 Å². The first kappa shape index (κ1) is 27.0. The topological polar surface area (TPSA) is 40.1 Å². The molecule has 2 nitrogen and oxygen atoms in total. The molecule has 0 saturated heterocycles. The second kappa shape index (κ2) is 23.4. The van der Waals surface area contributed by atoms with Crippen LogP contribution in [0.3, 0.4) is 0 Å². The minimum atomic E-state index is -0.905. The Hall–Kier alpha value is 2.11. The summed E-state index contributed by atoms with van der Waals surface area (Å²) in [5.74, 6) is -0.905. The van der Waals surface area contributed by atoms with Crippen LogP contribution in [0.15, 0.2) is 0 Å². The number of carbonyl (C=O) groups is 1. The van der Waals surface area contributed by atoms with E-state index >= 15 is 0 Å². The Morgan fingerprint density at radius 2 is 1.00 bits per heavy atom. The number of rotatable bonds is 14. The molecule has 0 bridgehead atoms. The molecular weight excluding hydrogens is 286 g/mol. The van der Waals surface area contributed by atoms with E-state index in [9.17, 15) is 9.90 Å². The van der Waals surface area contributed by atoms with Gasteiger partial charge in [-0.3, -0.25) is 0 Å². The number of unbranched alkanes of at least 4 members (excludes halogenated alkanes) is 12. The van der Waals surface area contributed by atoms with Crippen molar-refractivity contribution in [3.05, 3.63) is 0 Å². The SMILES string of the molecule is CCCCCCCCCCCCCCCC(=O)[O-].[KH].[Na+]. The van der Waals surface area contributed by atoms with Crippen LogP contribution in [0.5, 0.6) is 0 Å². The van der Waals surface area contributed by atoms with Gasteiger partial charge >= 0.3 is 80.9 Å². The number of hydrogen-bond acceptors (Lipinski definition) is 2. The molecule has 0 N–H and O–H groups in total. The van der Waals surface area contributed by atoms with Crippen molar-refractivity contribution in [1.82, 2.24) is 0 Å². The van der Waals surface area contributed by atoms with E-state index in [2.05, 4.69) is 6.92 Å². The van der Waals surface area contributed by atoms with Gasteiger partial charge in [-0.1, -0.05) is 84.0 Å². The van der Waals surface area contributed by atoms with Gasteiger partial charge in [0.05, 0.1) is 0 Å². The summed E-state index contributed by atoms with van der Waals surface area (Å²) in [5.41, 5.74) is 0. The summed E-state index contributed by atoms with van der Waals surface area (Å²) >= 11 is 0. The average Bonchev–Trinajstić information content (AvgIpc) is 2.34. The molecule has 0 spiro atoms. The molecule has 0 aliphatic heterocycles. The van der Waals surface area contributed by atoms with Gasteiger partial charge < -0.3 is 9.90 Å². The molecule has 0 saturated carbocycles. The summed E-state index contributed by atoms with van der Waals surface area (Å²) in [7, 11) is 0. The molecule has 0 amide bonds. The minimum Gasteiger partial charge on any atom is 1.00 e. The molecule has 0 radical (unpaired) electrons. The third-order valence-electron chi connectivity index (χ3n) is 3.48. The number of carboxylic acid groups (broad SMARTS) is 1. The first-order chi connectivity index (χ1) is 8.77. The molecule has 110 valence electrons. The zero-order valence-corrected chi connectivity index (χ0v) is 15.2. The molecule has 0 fully saturated rings. The van der Waals surface area contributed by atoms with Gasteiger partial charge in [0.1, 0.15) is 0 Å². The Morgan fingerprint density at radius 3 is 1.30 bits per heavy atom. The second-order valence-electron chi connectivity index (χ2n) is 5.36. The molecule has 0 aromatic carbocycles. The summed E-state index contributed by atoms with van der Waals surface area (Å²) in [6, 6.07) is 0. The summed E-state index contributed by atoms with van der Waals surface area (Å²) < 4.78 is 0. The van der Waals surface area contributed by atoms with Crippen LogP contribution in [0.1, 0.15) is 96.8 Å².